The maximum Gasteiger partial charge on any atom is 0.219 e. The minimum atomic E-state index is 0. The maximum absolute atomic E-state index is 5.75. The lowest BCUT2D eigenvalue weighted by atomic mass is 10.3. The molecule has 0 radical (unpaired) electrons. The Hall–Kier alpha value is -2.82. The Kier molecular flexibility index (Phi) is 9.57. The largest absolute Gasteiger partial charge is 0.497 e. The summed E-state index contributed by atoms with van der Waals surface area (Å²) in [6.07, 6.45) is 1.76. The van der Waals surface area contributed by atoms with E-state index in [1.807, 2.05) is 57.2 Å². The van der Waals surface area contributed by atoms with Gasteiger partial charge in [0.05, 0.1) is 25.9 Å². The summed E-state index contributed by atoms with van der Waals surface area (Å²) in [6, 6.07) is 11.1. The zero-order valence-electron chi connectivity index (χ0n) is 18.1. The zero-order chi connectivity index (χ0) is 21.3. The van der Waals surface area contributed by atoms with Gasteiger partial charge in [-0.2, -0.15) is 0 Å². The summed E-state index contributed by atoms with van der Waals surface area (Å²) in [7, 11) is 1.63. The number of nitrogens with one attached hydrogen (secondary N) is 2. The number of hydrogen-bond acceptors (Lipinski definition) is 6. The van der Waals surface area contributed by atoms with Gasteiger partial charge in [0.25, 0.3) is 0 Å². The number of rotatable bonds is 8. The van der Waals surface area contributed by atoms with Crippen LogP contribution in [0.2, 0.25) is 0 Å². The van der Waals surface area contributed by atoms with Crippen molar-refractivity contribution in [3.63, 3.8) is 0 Å². The van der Waals surface area contributed by atoms with Gasteiger partial charge in [-0.25, -0.2) is 15.0 Å². The lowest BCUT2D eigenvalue weighted by Gasteiger charge is -2.10. The molecule has 0 saturated carbocycles. The summed E-state index contributed by atoms with van der Waals surface area (Å²) in [5.41, 5.74) is 1.87. The number of aryl methyl sites for hydroxylation is 2. The number of aliphatic imine (C=N–C) groups is 1. The Morgan fingerprint density at radius 1 is 1.06 bits per heavy atom. The highest BCUT2D eigenvalue weighted by Crippen LogP contribution is 2.22. The molecule has 31 heavy (non-hydrogen) atoms. The molecule has 0 aliphatic heterocycles. The van der Waals surface area contributed by atoms with Crippen molar-refractivity contribution in [2.45, 2.75) is 33.9 Å². The van der Waals surface area contributed by atoms with E-state index in [9.17, 15) is 0 Å². The Morgan fingerprint density at radius 2 is 1.81 bits per heavy atom. The van der Waals surface area contributed by atoms with Crippen molar-refractivity contribution in [2.75, 3.05) is 13.7 Å². The second-order valence-corrected chi connectivity index (χ2v) is 6.58. The average molecular weight is 537 g/mol. The first-order chi connectivity index (χ1) is 14.6. The normalized spacial score (nSPS) is 10.9. The number of ether oxygens (including phenoxy) is 2. The summed E-state index contributed by atoms with van der Waals surface area (Å²) >= 11 is 0. The van der Waals surface area contributed by atoms with E-state index in [1.54, 1.807) is 13.3 Å². The van der Waals surface area contributed by atoms with Crippen molar-refractivity contribution in [1.82, 2.24) is 20.6 Å². The SMILES string of the molecule is CCNC(=NCc1ccc(Oc2ccc(OC)cc2)nc1)NCc1nc(C)c(C)o1.I. The van der Waals surface area contributed by atoms with E-state index in [0.717, 1.165) is 29.3 Å². The molecule has 2 aromatic heterocycles. The van der Waals surface area contributed by atoms with Crippen LogP contribution in [0.1, 0.15) is 29.8 Å². The van der Waals surface area contributed by atoms with Crippen molar-refractivity contribution in [3.05, 3.63) is 65.5 Å². The lowest BCUT2D eigenvalue weighted by molar-refractivity contribution is 0.412. The zero-order valence-corrected chi connectivity index (χ0v) is 20.5. The third-order valence-corrected chi connectivity index (χ3v) is 4.32. The third-order valence-electron chi connectivity index (χ3n) is 4.32. The molecular weight excluding hydrogens is 509 g/mol. The van der Waals surface area contributed by atoms with E-state index < -0.39 is 0 Å². The molecule has 0 aliphatic carbocycles. The Bertz CT molecular complexity index is 952. The first-order valence-electron chi connectivity index (χ1n) is 9.79. The molecule has 0 aliphatic rings. The number of methoxy groups -OCH3 is 1. The van der Waals surface area contributed by atoms with E-state index in [0.29, 0.717) is 36.6 Å². The highest BCUT2D eigenvalue weighted by atomic mass is 127. The van der Waals surface area contributed by atoms with Crippen LogP contribution in [0, 0.1) is 13.8 Å². The number of aromatic nitrogens is 2. The molecule has 0 bridgehead atoms. The molecule has 0 unspecified atom stereocenters. The quantitative estimate of drug-likeness (QED) is 0.251. The fourth-order valence-electron chi connectivity index (χ4n) is 2.62. The highest BCUT2D eigenvalue weighted by molar-refractivity contribution is 14.0. The van der Waals surface area contributed by atoms with Gasteiger partial charge >= 0.3 is 0 Å². The van der Waals surface area contributed by atoms with Gasteiger partial charge in [0.1, 0.15) is 17.3 Å². The van der Waals surface area contributed by atoms with Crippen LogP contribution in [0.5, 0.6) is 17.4 Å². The van der Waals surface area contributed by atoms with E-state index in [1.165, 1.54) is 0 Å². The molecule has 2 heterocycles. The first-order valence-corrected chi connectivity index (χ1v) is 9.79. The topological polar surface area (TPSA) is 93.8 Å². The lowest BCUT2D eigenvalue weighted by Crippen LogP contribution is -2.36. The molecule has 9 heteroatoms. The van der Waals surface area contributed by atoms with Crippen LogP contribution < -0.4 is 20.1 Å². The predicted octanol–water partition coefficient (Wildman–Crippen LogP) is 4.36. The number of nitrogens with zero attached hydrogens (tertiary/aromatic N) is 3. The molecular formula is C22H28IN5O3. The summed E-state index contributed by atoms with van der Waals surface area (Å²) in [6.45, 7) is 7.55. The molecule has 0 saturated heterocycles. The molecule has 8 nitrogen and oxygen atoms in total. The number of halogens is 1. The van der Waals surface area contributed by atoms with Crippen LogP contribution in [-0.4, -0.2) is 29.6 Å². The number of benzene rings is 1. The number of pyridine rings is 1. The Morgan fingerprint density at radius 3 is 2.39 bits per heavy atom. The standard InChI is InChI=1S/C22H27N5O3.HI/c1-5-23-22(26-14-21-27-15(2)16(3)29-21)25-13-17-6-11-20(24-12-17)30-19-9-7-18(28-4)8-10-19;/h6-12H,5,13-14H2,1-4H3,(H2,23,25,26);1H. The Labute approximate surface area is 199 Å². The van der Waals surface area contributed by atoms with Gasteiger partial charge in [-0.15, -0.1) is 24.0 Å². The van der Waals surface area contributed by atoms with Crippen molar-refractivity contribution in [2.24, 2.45) is 4.99 Å². The van der Waals surface area contributed by atoms with Crippen LogP contribution in [0.25, 0.3) is 0 Å². The molecule has 166 valence electrons. The van der Waals surface area contributed by atoms with Crippen LogP contribution >= 0.6 is 24.0 Å². The van der Waals surface area contributed by atoms with Gasteiger partial charge in [-0.3, -0.25) is 0 Å². The summed E-state index contributed by atoms with van der Waals surface area (Å²) in [5.74, 6) is 4.15. The molecule has 3 aromatic rings. The van der Waals surface area contributed by atoms with Crippen molar-refractivity contribution in [3.8, 4) is 17.4 Å². The smallest absolute Gasteiger partial charge is 0.219 e. The third kappa shape index (κ3) is 7.42. The summed E-state index contributed by atoms with van der Waals surface area (Å²) in [5, 5.41) is 6.44. The molecule has 2 N–H and O–H groups in total. The van der Waals surface area contributed by atoms with Crippen LogP contribution in [0.4, 0.5) is 0 Å². The Balaban J connectivity index is 0.00000341. The summed E-state index contributed by atoms with van der Waals surface area (Å²) in [4.78, 5) is 13.3. The number of guanidine groups is 1. The van der Waals surface area contributed by atoms with Gasteiger partial charge in [0, 0.05) is 18.8 Å². The minimum Gasteiger partial charge on any atom is -0.497 e. The number of oxazole rings is 1. The first kappa shape index (κ1) is 24.4. The maximum atomic E-state index is 5.75. The van der Waals surface area contributed by atoms with Crippen molar-refractivity contribution < 1.29 is 13.9 Å². The van der Waals surface area contributed by atoms with E-state index in [4.69, 9.17) is 13.9 Å². The second kappa shape index (κ2) is 12.1. The van der Waals surface area contributed by atoms with Gasteiger partial charge in [0.15, 0.2) is 5.96 Å². The van der Waals surface area contributed by atoms with Crippen LogP contribution in [-0.2, 0) is 13.1 Å². The summed E-state index contributed by atoms with van der Waals surface area (Å²) < 4.78 is 16.5. The van der Waals surface area contributed by atoms with Gasteiger partial charge in [-0.05, 0) is 50.6 Å². The minimum absolute atomic E-state index is 0. The average Bonchev–Trinajstić information content (AvgIpc) is 3.09. The molecule has 3 rings (SSSR count). The molecule has 0 amide bonds. The van der Waals surface area contributed by atoms with Gasteiger partial charge in [-0.1, -0.05) is 6.07 Å². The van der Waals surface area contributed by atoms with Gasteiger partial charge in [0.2, 0.25) is 11.8 Å². The van der Waals surface area contributed by atoms with Crippen molar-refractivity contribution in [1.29, 1.82) is 0 Å². The van der Waals surface area contributed by atoms with E-state index >= 15 is 0 Å². The fourth-order valence-corrected chi connectivity index (χ4v) is 2.62. The molecule has 0 fully saturated rings. The highest BCUT2D eigenvalue weighted by Gasteiger charge is 2.06. The molecule has 1 aromatic carbocycles. The molecule has 0 spiro atoms. The van der Waals surface area contributed by atoms with Crippen LogP contribution in [0.15, 0.2) is 52.0 Å². The monoisotopic (exact) mass is 537 g/mol. The fraction of sp³-hybridized carbons (Fsp3) is 0.318. The second-order valence-electron chi connectivity index (χ2n) is 6.58. The van der Waals surface area contributed by atoms with Crippen molar-refractivity contribution >= 4 is 29.9 Å². The van der Waals surface area contributed by atoms with Crippen LogP contribution in [0.3, 0.4) is 0 Å². The number of hydrogen-bond donors (Lipinski definition) is 2. The van der Waals surface area contributed by atoms with E-state index in [2.05, 4.69) is 25.6 Å². The van der Waals surface area contributed by atoms with E-state index in [-0.39, 0.29) is 24.0 Å². The van der Waals surface area contributed by atoms with Gasteiger partial charge < -0.3 is 24.5 Å². The molecule has 0 atom stereocenters. The predicted molar refractivity (Wildman–Crippen MR) is 130 cm³/mol.